The topological polar surface area (TPSA) is 36.5 Å². The highest BCUT2D eigenvalue weighted by Gasteiger charge is 2.34. The van der Waals surface area contributed by atoms with Crippen LogP contribution in [0.15, 0.2) is 23.8 Å². The van der Waals surface area contributed by atoms with Gasteiger partial charge < -0.3 is 10.1 Å². The summed E-state index contributed by atoms with van der Waals surface area (Å²) in [6, 6.07) is 0.160. The van der Waals surface area contributed by atoms with Gasteiger partial charge in [-0.15, -0.1) is 0 Å². The predicted molar refractivity (Wildman–Crippen MR) is 74.5 cm³/mol. The van der Waals surface area contributed by atoms with Crippen molar-refractivity contribution in [2.24, 2.45) is 0 Å². The first-order valence-corrected chi connectivity index (χ1v) is 6.36. The maximum Gasteiger partial charge on any atom is 0.200 e. The van der Waals surface area contributed by atoms with Crippen molar-refractivity contribution >= 4 is 0 Å². The molecule has 1 rings (SSSR count). The lowest BCUT2D eigenvalue weighted by Crippen LogP contribution is -2.35. The number of hydrazine groups is 1. The summed E-state index contributed by atoms with van der Waals surface area (Å²) in [7, 11) is 3.85. The summed E-state index contributed by atoms with van der Waals surface area (Å²) >= 11 is 0. The summed E-state index contributed by atoms with van der Waals surface area (Å²) in [6.45, 7) is 2.97. The van der Waals surface area contributed by atoms with Gasteiger partial charge in [0.15, 0.2) is 6.23 Å². The quantitative estimate of drug-likeness (QED) is 0.548. The Hall–Kier alpha value is -1.28. The Morgan fingerprint density at radius 1 is 1.61 bits per heavy atom. The molecule has 0 spiro atoms. The predicted octanol–water partition coefficient (Wildman–Crippen LogP) is 1.24. The van der Waals surface area contributed by atoms with Gasteiger partial charge in [-0.3, -0.25) is 0 Å². The van der Waals surface area contributed by atoms with Gasteiger partial charge in [-0.2, -0.15) is 0 Å². The van der Waals surface area contributed by atoms with E-state index in [0.717, 1.165) is 25.0 Å². The molecule has 0 aromatic rings. The van der Waals surface area contributed by atoms with Gasteiger partial charge in [0.25, 0.3) is 0 Å². The zero-order valence-corrected chi connectivity index (χ0v) is 11.4. The van der Waals surface area contributed by atoms with Crippen LogP contribution in [0.2, 0.25) is 0 Å². The third kappa shape index (κ3) is 3.88. The Labute approximate surface area is 110 Å². The molecule has 4 heteroatoms. The smallest absolute Gasteiger partial charge is 0.200 e. The van der Waals surface area contributed by atoms with Gasteiger partial charge in [0.05, 0.1) is 6.04 Å². The number of hydrogen-bond acceptors (Lipinski definition) is 4. The summed E-state index contributed by atoms with van der Waals surface area (Å²) in [6.07, 6.45) is 16.0. The van der Waals surface area contributed by atoms with Crippen LogP contribution in [0, 0.1) is 12.5 Å². The molecule has 100 valence electrons. The number of unbranched alkanes of at least 4 members (excludes halogenated alkanes) is 1. The number of allylic oxidation sites excluding steroid dienone is 1. The average Bonchev–Trinajstić information content (AvgIpc) is 2.65. The molecule has 0 amide bonds. The third-order valence-electron chi connectivity index (χ3n) is 2.84. The van der Waals surface area contributed by atoms with Gasteiger partial charge in [-0.05, 0) is 13.5 Å². The number of nitrogens with one attached hydrogen (secondary N) is 2. The van der Waals surface area contributed by atoms with Crippen LogP contribution in [-0.4, -0.2) is 37.9 Å². The normalized spacial score (nSPS) is 26.9. The Morgan fingerprint density at radius 2 is 2.39 bits per heavy atom. The highest BCUT2D eigenvalue weighted by molar-refractivity contribution is 5.26. The second kappa shape index (κ2) is 7.93. The molecular formula is C14H23N3O. The zero-order chi connectivity index (χ0) is 13.4. The van der Waals surface area contributed by atoms with Crippen molar-refractivity contribution in [2.45, 2.75) is 32.0 Å². The van der Waals surface area contributed by atoms with Crippen molar-refractivity contribution in [3.05, 3.63) is 23.8 Å². The number of rotatable bonds is 6. The fourth-order valence-corrected chi connectivity index (χ4v) is 1.95. The number of hydrogen-bond donors (Lipinski definition) is 2. The van der Waals surface area contributed by atoms with E-state index in [2.05, 4.69) is 42.0 Å². The van der Waals surface area contributed by atoms with Crippen LogP contribution in [0.1, 0.15) is 19.8 Å². The maximum absolute atomic E-state index is 5.32. The summed E-state index contributed by atoms with van der Waals surface area (Å²) in [5.74, 6) is 0. The molecule has 0 aromatic heterocycles. The van der Waals surface area contributed by atoms with Gasteiger partial charge in [-0.1, -0.05) is 38.0 Å². The van der Waals surface area contributed by atoms with E-state index in [9.17, 15) is 0 Å². The van der Waals surface area contributed by atoms with Crippen LogP contribution in [0.3, 0.4) is 0 Å². The van der Waals surface area contributed by atoms with Crippen molar-refractivity contribution in [3.63, 3.8) is 0 Å². The SMILES string of the molecule is C#COC1/C(=C/CNC)[C@H](C=CCCC)NN1C. The van der Waals surface area contributed by atoms with Crippen LogP contribution in [-0.2, 0) is 4.74 Å². The van der Waals surface area contributed by atoms with Crippen LogP contribution in [0.4, 0.5) is 0 Å². The number of ether oxygens (including phenoxy) is 1. The first-order valence-electron chi connectivity index (χ1n) is 6.36. The second-order valence-corrected chi connectivity index (χ2v) is 4.28. The molecule has 1 aliphatic heterocycles. The number of nitrogens with zero attached hydrogens (tertiary/aromatic N) is 1. The number of likely N-dealkylation sites (N-methyl/N-ethyl adjacent to an activating group) is 2. The lowest BCUT2D eigenvalue weighted by molar-refractivity contribution is 0.0496. The summed E-state index contributed by atoms with van der Waals surface area (Å²) in [5, 5.41) is 5.01. The fourth-order valence-electron chi connectivity index (χ4n) is 1.95. The van der Waals surface area contributed by atoms with Crippen LogP contribution >= 0.6 is 0 Å². The Bertz CT molecular complexity index is 343. The van der Waals surface area contributed by atoms with Gasteiger partial charge in [0, 0.05) is 19.2 Å². The Kier molecular flexibility index (Phi) is 6.51. The van der Waals surface area contributed by atoms with E-state index < -0.39 is 0 Å². The van der Waals surface area contributed by atoms with Crippen LogP contribution in [0.25, 0.3) is 0 Å². The summed E-state index contributed by atoms with van der Waals surface area (Å²) in [4.78, 5) is 0. The zero-order valence-electron chi connectivity index (χ0n) is 11.4. The van der Waals surface area contributed by atoms with Gasteiger partial charge in [-0.25, -0.2) is 10.4 Å². The summed E-state index contributed by atoms with van der Waals surface area (Å²) in [5.41, 5.74) is 4.49. The highest BCUT2D eigenvalue weighted by Crippen LogP contribution is 2.22. The molecule has 0 saturated carbocycles. The largest absolute Gasteiger partial charge is 0.421 e. The first-order chi connectivity index (χ1) is 8.74. The van der Waals surface area contributed by atoms with E-state index in [4.69, 9.17) is 11.2 Å². The molecule has 1 unspecified atom stereocenters. The molecule has 0 aromatic carbocycles. The van der Waals surface area contributed by atoms with Crippen molar-refractivity contribution in [1.82, 2.24) is 15.8 Å². The van der Waals surface area contributed by atoms with Crippen LogP contribution < -0.4 is 10.7 Å². The van der Waals surface area contributed by atoms with E-state index >= 15 is 0 Å². The van der Waals surface area contributed by atoms with Gasteiger partial charge >= 0.3 is 0 Å². The standard InChI is InChI=1S/C14H23N3O/c1-5-7-8-9-13-12(10-11-15-3)14(18-6-2)17(4)16-13/h2,8-10,13-16H,5,7,11H2,1,3-4H3/b9-8?,12-10+/t13-,14?/m0/s1. The molecule has 0 bridgehead atoms. The lowest BCUT2D eigenvalue weighted by Gasteiger charge is -2.16. The van der Waals surface area contributed by atoms with E-state index in [-0.39, 0.29) is 12.3 Å². The molecule has 2 atom stereocenters. The number of terminal acetylenes is 1. The minimum Gasteiger partial charge on any atom is -0.421 e. The van der Waals surface area contributed by atoms with Gasteiger partial charge in [0.2, 0.25) is 0 Å². The lowest BCUT2D eigenvalue weighted by atomic mass is 10.1. The Balaban J connectivity index is 2.80. The molecule has 1 aliphatic rings. The molecule has 1 fully saturated rings. The van der Waals surface area contributed by atoms with Crippen molar-refractivity contribution in [2.75, 3.05) is 20.6 Å². The molecule has 4 nitrogen and oxygen atoms in total. The highest BCUT2D eigenvalue weighted by atomic mass is 16.5. The molecular weight excluding hydrogens is 226 g/mol. The van der Waals surface area contributed by atoms with E-state index in [0.29, 0.717) is 0 Å². The second-order valence-electron chi connectivity index (χ2n) is 4.28. The minimum absolute atomic E-state index is 0.160. The maximum atomic E-state index is 5.32. The molecule has 2 N–H and O–H groups in total. The molecule has 18 heavy (non-hydrogen) atoms. The minimum atomic E-state index is -0.195. The summed E-state index contributed by atoms with van der Waals surface area (Å²) < 4.78 is 5.32. The fraction of sp³-hybridized carbons (Fsp3) is 0.571. The van der Waals surface area contributed by atoms with E-state index in [1.807, 2.05) is 19.1 Å². The van der Waals surface area contributed by atoms with Gasteiger partial charge in [0.1, 0.15) is 6.11 Å². The average molecular weight is 249 g/mol. The Morgan fingerprint density at radius 3 is 3.00 bits per heavy atom. The van der Waals surface area contributed by atoms with E-state index in [1.54, 1.807) is 0 Å². The van der Waals surface area contributed by atoms with Crippen molar-refractivity contribution < 1.29 is 4.74 Å². The molecule has 1 heterocycles. The van der Waals surface area contributed by atoms with E-state index in [1.165, 1.54) is 0 Å². The van der Waals surface area contributed by atoms with Crippen LogP contribution in [0.5, 0.6) is 0 Å². The molecule has 1 saturated heterocycles. The molecule has 0 aliphatic carbocycles. The monoisotopic (exact) mass is 249 g/mol. The first kappa shape index (κ1) is 14.8. The van der Waals surface area contributed by atoms with Crippen molar-refractivity contribution in [3.8, 4) is 12.5 Å². The van der Waals surface area contributed by atoms with Crippen molar-refractivity contribution in [1.29, 1.82) is 0 Å². The third-order valence-corrected chi connectivity index (χ3v) is 2.84. The molecule has 0 radical (unpaired) electrons.